The standard InChI is InChI=1S/C16H22N6O3S/c23-16(13-22-17-14-5-1-2-6-15(14)18-22)19-9-11-21(12-10-19)26(24,25)20-7-3-4-8-20/h1-2,5-6H,3-4,7-13H2. The summed E-state index contributed by atoms with van der Waals surface area (Å²) < 4.78 is 28.2. The van der Waals surface area contributed by atoms with Crippen molar-refractivity contribution in [3.63, 3.8) is 0 Å². The number of nitrogens with zero attached hydrogens (tertiary/aromatic N) is 6. The van der Waals surface area contributed by atoms with E-state index in [1.807, 2.05) is 24.3 Å². The maximum absolute atomic E-state index is 12.6. The van der Waals surface area contributed by atoms with Gasteiger partial charge in [0.1, 0.15) is 17.6 Å². The van der Waals surface area contributed by atoms with E-state index in [4.69, 9.17) is 0 Å². The molecule has 0 N–H and O–H groups in total. The van der Waals surface area contributed by atoms with Gasteiger partial charge in [-0.2, -0.15) is 32.0 Å². The van der Waals surface area contributed by atoms with Crippen LogP contribution in [0.25, 0.3) is 11.0 Å². The molecule has 2 fully saturated rings. The van der Waals surface area contributed by atoms with Gasteiger partial charge in [0.25, 0.3) is 10.2 Å². The Hall–Kier alpha value is -2.04. The summed E-state index contributed by atoms with van der Waals surface area (Å²) in [5.41, 5.74) is 1.50. The molecular formula is C16H22N6O3S. The largest absolute Gasteiger partial charge is 0.338 e. The minimum absolute atomic E-state index is 0.0631. The molecule has 2 aromatic rings. The molecular weight excluding hydrogens is 356 g/mol. The predicted molar refractivity (Wildman–Crippen MR) is 95.4 cm³/mol. The lowest BCUT2D eigenvalue weighted by Gasteiger charge is -2.35. The lowest BCUT2D eigenvalue weighted by atomic mass is 10.3. The molecule has 3 heterocycles. The molecule has 26 heavy (non-hydrogen) atoms. The Bertz CT molecular complexity index is 865. The minimum Gasteiger partial charge on any atom is -0.338 e. The van der Waals surface area contributed by atoms with Crippen molar-refractivity contribution in [3.05, 3.63) is 24.3 Å². The molecule has 2 saturated heterocycles. The average molecular weight is 378 g/mol. The molecule has 1 amide bonds. The lowest BCUT2D eigenvalue weighted by molar-refractivity contribution is -0.133. The number of rotatable bonds is 4. The van der Waals surface area contributed by atoms with Crippen molar-refractivity contribution in [3.8, 4) is 0 Å². The van der Waals surface area contributed by atoms with Crippen LogP contribution in [0, 0.1) is 0 Å². The molecule has 0 bridgehead atoms. The van der Waals surface area contributed by atoms with Crippen LogP contribution in [-0.4, -0.2) is 82.1 Å². The third kappa shape index (κ3) is 3.31. The zero-order valence-corrected chi connectivity index (χ0v) is 15.3. The highest BCUT2D eigenvalue weighted by Crippen LogP contribution is 2.18. The van der Waals surface area contributed by atoms with Gasteiger partial charge in [0, 0.05) is 39.3 Å². The van der Waals surface area contributed by atoms with Gasteiger partial charge in [0.2, 0.25) is 5.91 Å². The number of carbonyl (C=O) groups excluding carboxylic acids is 1. The fourth-order valence-corrected chi connectivity index (χ4v) is 5.12. The van der Waals surface area contributed by atoms with Crippen molar-refractivity contribution in [1.29, 1.82) is 0 Å². The van der Waals surface area contributed by atoms with Gasteiger partial charge in [-0.25, -0.2) is 0 Å². The molecule has 140 valence electrons. The SMILES string of the molecule is O=C(Cn1nc2ccccc2n1)N1CCN(S(=O)(=O)N2CCCC2)CC1. The van der Waals surface area contributed by atoms with E-state index in [1.165, 1.54) is 9.10 Å². The van der Waals surface area contributed by atoms with E-state index in [-0.39, 0.29) is 12.5 Å². The second-order valence-electron chi connectivity index (χ2n) is 6.61. The van der Waals surface area contributed by atoms with E-state index in [9.17, 15) is 13.2 Å². The second-order valence-corrected chi connectivity index (χ2v) is 8.54. The molecule has 1 aromatic carbocycles. The number of hydrogen-bond donors (Lipinski definition) is 0. The highest BCUT2D eigenvalue weighted by atomic mass is 32.2. The maximum Gasteiger partial charge on any atom is 0.282 e. The van der Waals surface area contributed by atoms with E-state index >= 15 is 0 Å². The number of amides is 1. The van der Waals surface area contributed by atoms with E-state index in [1.54, 1.807) is 9.21 Å². The van der Waals surface area contributed by atoms with Gasteiger partial charge in [-0.1, -0.05) is 12.1 Å². The van der Waals surface area contributed by atoms with Crippen molar-refractivity contribution < 1.29 is 13.2 Å². The summed E-state index contributed by atoms with van der Waals surface area (Å²) in [7, 11) is -3.39. The van der Waals surface area contributed by atoms with Crippen molar-refractivity contribution in [2.45, 2.75) is 19.4 Å². The van der Waals surface area contributed by atoms with E-state index in [2.05, 4.69) is 10.2 Å². The van der Waals surface area contributed by atoms with E-state index in [0.717, 1.165) is 23.9 Å². The zero-order chi connectivity index (χ0) is 18.1. The number of carbonyl (C=O) groups is 1. The Morgan fingerprint density at radius 3 is 2.00 bits per heavy atom. The third-order valence-electron chi connectivity index (χ3n) is 4.91. The Morgan fingerprint density at radius 2 is 1.42 bits per heavy atom. The van der Waals surface area contributed by atoms with Crippen molar-refractivity contribution in [1.82, 2.24) is 28.5 Å². The fraction of sp³-hybridized carbons (Fsp3) is 0.562. The van der Waals surface area contributed by atoms with Crippen LogP contribution in [0.3, 0.4) is 0 Å². The topological polar surface area (TPSA) is 91.6 Å². The molecule has 9 nitrogen and oxygen atoms in total. The summed E-state index contributed by atoms with van der Waals surface area (Å²) in [6, 6.07) is 7.46. The molecule has 1 aromatic heterocycles. The van der Waals surface area contributed by atoms with E-state index < -0.39 is 10.2 Å². The average Bonchev–Trinajstić information content (AvgIpc) is 3.31. The molecule has 0 atom stereocenters. The van der Waals surface area contributed by atoms with Gasteiger partial charge in [-0.05, 0) is 25.0 Å². The minimum atomic E-state index is -3.39. The van der Waals surface area contributed by atoms with Crippen LogP contribution in [-0.2, 0) is 21.5 Å². The van der Waals surface area contributed by atoms with Crippen LogP contribution in [0.15, 0.2) is 24.3 Å². The first-order valence-electron chi connectivity index (χ1n) is 8.87. The Kier molecular flexibility index (Phi) is 4.63. The molecule has 0 radical (unpaired) electrons. The zero-order valence-electron chi connectivity index (χ0n) is 14.5. The van der Waals surface area contributed by atoms with Crippen LogP contribution >= 0.6 is 0 Å². The van der Waals surface area contributed by atoms with Crippen LogP contribution < -0.4 is 0 Å². The summed E-state index contributed by atoms with van der Waals surface area (Å²) in [6.07, 6.45) is 1.84. The van der Waals surface area contributed by atoms with Gasteiger partial charge >= 0.3 is 0 Å². The Labute approximate surface area is 152 Å². The van der Waals surface area contributed by atoms with Gasteiger partial charge in [-0.15, -0.1) is 0 Å². The number of aromatic nitrogens is 3. The molecule has 4 rings (SSSR count). The second kappa shape index (κ2) is 6.93. The van der Waals surface area contributed by atoms with Crippen LogP contribution in [0.2, 0.25) is 0 Å². The first-order chi connectivity index (χ1) is 12.5. The molecule has 2 aliphatic rings. The third-order valence-corrected chi connectivity index (χ3v) is 6.95. The van der Waals surface area contributed by atoms with Crippen LogP contribution in [0.4, 0.5) is 0 Å². The van der Waals surface area contributed by atoms with Crippen LogP contribution in [0.1, 0.15) is 12.8 Å². The summed E-state index contributed by atoms with van der Waals surface area (Å²) in [4.78, 5) is 15.6. The van der Waals surface area contributed by atoms with Crippen molar-refractivity contribution in [2.75, 3.05) is 39.3 Å². The van der Waals surface area contributed by atoms with Gasteiger partial charge in [0.15, 0.2) is 0 Å². The quantitative estimate of drug-likeness (QED) is 0.742. The van der Waals surface area contributed by atoms with Crippen molar-refractivity contribution in [2.24, 2.45) is 0 Å². The maximum atomic E-state index is 12.6. The number of piperazine rings is 1. The first-order valence-corrected chi connectivity index (χ1v) is 10.3. The Balaban J connectivity index is 1.36. The van der Waals surface area contributed by atoms with E-state index in [0.29, 0.717) is 39.3 Å². The molecule has 10 heteroatoms. The summed E-state index contributed by atoms with van der Waals surface area (Å²) in [5.74, 6) is -0.0940. The van der Waals surface area contributed by atoms with Crippen LogP contribution in [0.5, 0.6) is 0 Å². The Morgan fingerprint density at radius 1 is 0.885 bits per heavy atom. The van der Waals surface area contributed by atoms with Gasteiger partial charge in [-0.3, -0.25) is 4.79 Å². The summed E-state index contributed by atoms with van der Waals surface area (Å²) in [5, 5.41) is 8.60. The molecule has 0 aliphatic carbocycles. The fourth-order valence-electron chi connectivity index (χ4n) is 3.45. The predicted octanol–water partition coefficient (Wildman–Crippen LogP) is -0.0839. The van der Waals surface area contributed by atoms with Gasteiger partial charge in [0.05, 0.1) is 0 Å². The van der Waals surface area contributed by atoms with Gasteiger partial charge < -0.3 is 4.90 Å². The first kappa shape index (κ1) is 17.4. The highest BCUT2D eigenvalue weighted by molar-refractivity contribution is 7.86. The summed E-state index contributed by atoms with van der Waals surface area (Å²) >= 11 is 0. The monoisotopic (exact) mass is 378 g/mol. The summed E-state index contributed by atoms with van der Waals surface area (Å²) in [6.45, 7) is 2.71. The molecule has 2 aliphatic heterocycles. The number of benzene rings is 1. The van der Waals surface area contributed by atoms with Crippen molar-refractivity contribution >= 4 is 27.1 Å². The molecule has 0 saturated carbocycles. The lowest BCUT2D eigenvalue weighted by Crippen LogP contribution is -2.54. The highest BCUT2D eigenvalue weighted by Gasteiger charge is 2.34. The molecule has 0 spiro atoms. The molecule has 0 unspecified atom stereocenters. The number of fused-ring (bicyclic) bond motifs is 1. The smallest absolute Gasteiger partial charge is 0.282 e. The number of hydrogen-bond acceptors (Lipinski definition) is 5. The normalized spacial score (nSPS) is 20.1.